The third-order valence-corrected chi connectivity index (χ3v) is 9.69. The quantitative estimate of drug-likeness (QED) is 0.138. The topological polar surface area (TPSA) is 107 Å². The average Bonchev–Trinajstić information content (AvgIpc) is 3.12. The maximum atomic E-state index is 13.8. The minimum absolute atomic E-state index is 0.0876. The molecular formula is C38H42Cl2N2O8. The van der Waals surface area contributed by atoms with Crippen molar-refractivity contribution in [2.45, 2.75) is 44.9 Å². The number of nitrogens with zero attached hydrogens (tertiary/aromatic N) is 2. The van der Waals surface area contributed by atoms with E-state index < -0.39 is 18.2 Å². The van der Waals surface area contributed by atoms with Gasteiger partial charge in [0.05, 0.1) is 39.1 Å². The molecule has 0 aromatic heterocycles. The van der Waals surface area contributed by atoms with Gasteiger partial charge in [0, 0.05) is 23.0 Å². The third-order valence-electron chi connectivity index (χ3n) is 9.23. The van der Waals surface area contributed by atoms with Crippen molar-refractivity contribution < 1.29 is 38.4 Å². The van der Waals surface area contributed by atoms with Gasteiger partial charge in [0.25, 0.3) is 0 Å². The number of fused-ring (bicyclic) bond motifs is 3. The summed E-state index contributed by atoms with van der Waals surface area (Å²) < 4.78 is 28.5. The van der Waals surface area contributed by atoms with Gasteiger partial charge in [-0.2, -0.15) is 0 Å². The summed E-state index contributed by atoms with van der Waals surface area (Å²) in [6.45, 7) is 8.33. The van der Waals surface area contributed by atoms with Gasteiger partial charge in [-0.3, -0.25) is 9.80 Å². The Bertz CT molecular complexity index is 1730. The van der Waals surface area contributed by atoms with E-state index in [1.165, 1.54) is 32.3 Å². The summed E-state index contributed by atoms with van der Waals surface area (Å²) in [5.41, 5.74) is 2.53. The number of methoxy groups -OCH3 is 3. The van der Waals surface area contributed by atoms with E-state index in [-0.39, 0.29) is 41.2 Å². The number of hydrogen-bond donors (Lipinski definition) is 1. The van der Waals surface area contributed by atoms with E-state index in [2.05, 4.69) is 11.5 Å². The molecule has 2 atom stereocenters. The monoisotopic (exact) mass is 724 g/mol. The number of anilines is 1. The van der Waals surface area contributed by atoms with Crippen LogP contribution in [-0.4, -0.2) is 69.1 Å². The fraction of sp³-hybridized carbons (Fsp3) is 0.368. The number of allylic oxidation sites excluding steroid dienone is 2. The van der Waals surface area contributed by atoms with E-state index in [9.17, 15) is 14.7 Å². The zero-order valence-electron chi connectivity index (χ0n) is 28.6. The molecular weight excluding hydrogens is 683 g/mol. The van der Waals surface area contributed by atoms with Crippen LogP contribution in [0.1, 0.15) is 53.8 Å². The number of esters is 1. The molecule has 266 valence electrons. The molecule has 3 saturated heterocycles. The molecule has 0 saturated carbocycles. The molecule has 3 heterocycles. The Morgan fingerprint density at radius 1 is 0.980 bits per heavy atom. The van der Waals surface area contributed by atoms with Crippen molar-refractivity contribution in [3.8, 4) is 23.0 Å². The van der Waals surface area contributed by atoms with Crippen LogP contribution in [0.5, 0.6) is 23.0 Å². The number of hydrogen-bond acceptors (Lipinski definition) is 9. The Hall–Kier alpha value is -4.38. The van der Waals surface area contributed by atoms with E-state index in [1.54, 1.807) is 61.5 Å². The smallest absolute Gasteiger partial charge is 0.415 e. The molecule has 3 aromatic carbocycles. The average molecular weight is 726 g/mol. The number of rotatable bonds is 13. The van der Waals surface area contributed by atoms with Crippen LogP contribution >= 0.6 is 23.2 Å². The highest BCUT2D eigenvalue weighted by atomic mass is 35.5. The summed E-state index contributed by atoms with van der Waals surface area (Å²) in [7, 11) is 4.49. The normalized spacial score (nSPS) is 19.1. The van der Waals surface area contributed by atoms with Crippen molar-refractivity contribution in [3.63, 3.8) is 0 Å². The Morgan fingerprint density at radius 2 is 1.68 bits per heavy atom. The molecule has 2 bridgehead atoms. The molecule has 10 nitrogen and oxygen atoms in total. The van der Waals surface area contributed by atoms with E-state index >= 15 is 0 Å². The van der Waals surface area contributed by atoms with Crippen LogP contribution in [0.15, 0.2) is 82.9 Å². The zero-order chi connectivity index (χ0) is 35.9. The van der Waals surface area contributed by atoms with Gasteiger partial charge in [-0.05, 0) is 91.9 Å². The van der Waals surface area contributed by atoms with Crippen LogP contribution in [0.2, 0.25) is 0 Å². The first-order valence-electron chi connectivity index (χ1n) is 16.3. The number of phenolic OH excluding ortho intramolecular Hbond substituents is 1. The van der Waals surface area contributed by atoms with Crippen LogP contribution in [0.25, 0.3) is 0 Å². The summed E-state index contributed by atoms with van der Waals surface area (Å²) in [6, 6.07) is 16.8. The van der Waals surface area contributed by atoms with Gasteiger partial charge in [-0.25, -0.2) is 9.59 Å². The number of carbonyl (C=O) groups excluding carboxylic acids is 2. The Kier molecular flexibility index (Phi) is 12.2. The first-order chi connectivity index (χ1) is 24.0. The van der Waals surface area contributed by atoms with Crippen LogP contribution in [-0.2, 0) is 16.0 Å². The van der Waals surface area contributed by atoms with Crippen LogP contribution < -0.4 is 19.1 Å². The van der Waals surface area contributed by atoms with Crippen LogP contribution in [0, 0.1) is 5.92 Å². The minimum Gasteiger partial charge on any atom is -0.504 e. The van der Waals surface area contributed by atoms with Gasteiger partial charge >= 0.3 is 12.1 Å². The molecule has 0 spiro atoms. The molecule has 3 aliphatic rings. The van der Waals surface area contributed by atoms with Crippen molar-refractivity contribution in [1.82, 2.24) is 4.90 Å². The molecule has 0 aliphatic carbocycles. The number of phenols is 1. The van der Waals surface area contributed by atoms with Crippen molar-refractivity contribution in [2.75, 3.05) is 45.9 Å². The molecule has 6 rings (SSSR count). The number of aromatic hydroxyl groups is 1. The van der Waals surface area contributed by atoms with Gasteiger partial charge in [-0.15, -0.1) is 0 Å². The molecule has 3 fully saturated rings. The molecule has 1 amide bonds. The Balaban J connectivity index is 1.38. The lowest BCUT2D eigenvalue weighted by Crippen LogP contribution is -2.53. The zero-order valence-corrected chi connectivity index (χ0v) is 30.1. The highest BCUT2D eigenvalue weighted by Crippen LogP contribution is 2.39. The molecule has 0 radical (unpaired) electrons. The van der Waals surface area contributed by atoms with Gasteiger partial charge in [0.1, 0.15) is 12.2 Å². The van der Waals surface area contributed by atoms with Gasteiger partial charge < -0.3 is 28.8 Å². The van der Waals surface area contributed by atoms with Crippen LogP contribution in [0.4, 0.5) is 10.5 Å². The molecule has 3 aliphatic heterocycles. The number of halogens is 2. The maximum Gasteiger partial charge on any atom is 0.415 e. The second-order valence-corrected chi connectivity index (χ2v) is 13.3. The molecule has 12 heteroatoms. The highest BCUT2D eigenvalue weighted by Gasteiger charge is 2.38. The maximum absolute atomic E-state index is 13.8. The van der Waals surface area contributed by atoms with Crippen molar-refractivity contribution in [2.24, 2.45) is 5.92 Å². The first-order valence-corrected chi connectivity index (χ1v) is 17.1. The van der Waals surface area contributed by atoms with Crippen molar-refractivity contribution in [1.29, 1.82) is 0 Å². The first kappa shape index (κ1) is 36.9. The Labute approximate surface area is 302 Å². The molecule has 1 N–H and O–H groups in total. The molecule has 3 aromatic rings. The van der Waals surface area contributed by atoms with Crippen molar-refractivity contribution in [3.05, 3.63) is 99.6 Å². The molecule has 50 heavy (non-hydrogen) atoms. The fourth-order valence-electron chi connectivity index (χ4n) is 6.45. The summed E-state index contributed by atoms with van der Waals surface area (Å²) in [5, 5.41) is 11.2. The summed E-state index contributed by atoms with van der Waals surface area (Å²) >= 11 is 12.6. The fourth-order valence-corrected chi connectivity index (χ4v) is 6.91. The van der Waals surface area contributed by atoms with Gasteiger partial charge in [0.2, 0.25) is 0 Å². The second kappa shape index (κ2) is 16.6. The summed E-state index contributed by atoms with van der Waals surface area (Å²) in [5.74, 6) is 0.762. The predicted molar refractivity (Wildman–Crippen MR) is 193 cm³/mol. The lowest BCUT2D eigenvalue weighted by Gasteiger charge is -2.44. The van der Waals surface area contributed by atoms with E-state index in [1.807, 2.05) is 0 Å². The lowest BCUT2D eigenvalue weighted by molar-refractivity contribution is -0.0311. The third kappa shape index (κ3) is 8.49. The SMILES string of the molecule is C=C(Cl)/C(C[C@H](OC(=O)c1ccc(CN(C(=O)O[C@H]2CN3CCC2CC3)c2cccc(O)c2OC)cc1)c1ccc(OC)c(OC)c1)=C(\C)Cl. The largest absolute Gasteiger partial charge is 0.504 e. The minimum atomic E-state index is -0.795. The number of benzene rings is 3. The summed E-state index contributed by atoms with van der Waals surface area (Å²) in [4.78, 5) is 31.1. The lowest BCUT2D eigenvalue weighted by atomic mass is 9.86. The molecule has 0 unspecified atom stereocenters. The van der Waals surface area contributed by atoms with Crippen LogP contribution in [0.3, 0.4) is 0 Å². The number of amides is 1. The number of para-hydroxylation sites is 1. The second-order valence-electron chi connectivity index (χ2n) is 12.3. The van der Waals surface area contributed by atoms with Gasteiger partial charge in [-0.1, -0.05) is 54.0 Å². The highest BCUT2D eigenvalue weighted by molar-refractivity contribution is 6.35. The van der Waals surface area contributed by atoms with E-state index in [0.29, 0.717) is 51.4 Å². The van der Waals surface area contributed by atoms with E-state index in [0.717, 1.165) is 25.9 Å². The number of ether oxygens (including phenoxy) is 5. The Morgan fingerprint density at radius 3 is 2.26 bits per heavy atom. The standard InChI is InChI=1S/C38H42Cl2N2O8/c1-23(39)29(24(2)40)20-33(28-13-14-32(46-3)34(19-28)47-4)49-37(44)27-11-9-25(10-12-27)21-42(30-7-6-8-31(43)36(30)48-5)38(45)50-35-22-41-17-15-26(35)16-18-41/h6-14,19,26,33,35,43H,1,15-18,20-22H2,2-5H3/b29-24+/t33-,35-/m0/s1. The van der Waals surface area contributed by atoms with Crippen molar-refractivity contribution >= 4 is 41.0 Å². The van der Waals surface area contributed by atoms with Gasteiger partial charge in [0.15, 0.2) is 23.0 Å². The number of carbonyl (C=O) groups is 2. The summed E-state index contributed by atoms with van der Waals surface area (Å²) in [6.07, 6.45) is 0.576. The predicted octanol–water partition coefficient (Wildman–Crippen LogP) is 8.21. The number of piperidine rings is 3. The van der Waals surface area contributed by atoms with E-state index in [4.69, 9.17) is 46.9 Å².